The molecule has 1 aliphatic heterocycles. The number of sulfonamides is 1. The Bertz CT molecular complexity index is 1080. The van der Waals surface area contributed by atoms with Crippen molar-refractivity contribution in [3.63, 3.8) is 0 Å². The van der Waals surface area contributed by atoms with E-state index in [0.29, 0.717) is 17.4 Å². The highest BCUT2D eigenvalue weighted by atomic mass is 32.2. The summed E-state index contributed by atoms with van der Waals surface area (Å²) in [6.07, 6.45) is 0. The molecule has 29 heavy (non-hydrogen) atoms. The number of hydrogen-bond donors (Lipinski definition) is 3. The molecule has 0 radical (unpaired) electrons. The topological polar surface area (TPSA) is 123 Å². The van der Waals surface area contributed by atoms with Crippen LogP contribution in [-0.2, 0) is 10.0 Å². The van der Waals surface area contributed by atoms with Gasteiger partial charge in [0.25, 0.3) is 0 Å². The fourth-order valence-corrected chi connectivity index (χ4v) is 5.22. The van der Waals surface area contributed by atoms with E-state index in [1.54, 1.807) is 16.6 Å². The van der Waals surface area contributed by atoms with Crippen LogP contribution in [0.5, 0.6) is 5.88 Å². The maximum Gasteiger partial charge on any atom is 0.231 e. The quantitative estimate of drug-likeness (QED) is 0.471. The van der Waals surface area contributed by atoms with Gasteiger partial charge in [-0.25, -0.2) is 13.1 Å². The molecule has 0 spiro atoms. The number of hydrogen-bond acceptors (Lipinski definition) is 8. The van der Waals surface area contributed by atoms with E-state index in [-0.39, 0.29) is 25.2 Å². The lowest BCUT2D eigenvalue weighted by Gasteiger charge is -2.19. The molecule has 0 bridgehead atoms. The first-order valence-electron chi connectivity index (χ1n) is 9.36. The van der Waals surface area contributed by atoms with E-state index in [2.05, 4.69) is 30.9 Å². The SMILES string of the molecule is CC1NNC(C)C1S(=O)(=O)NCCOc1ccc2nnc(-c3ccccc3)n2n1. The highest BCUT2D eigenvalue weighted by Crippen LogP contribution is 2.18. The summed E-state index contributed by atoms with van der Waals surface area (Å²) in [6, 6.07) is 12.7. The summed E-state index contributed by atoms with van der Waals surface area (Å²) in [5.41, 5.74) is 7.39. The average molecular weight is 417 g/mol. The Morgan fingerprint density at radius 3 is 2.52 bits per heavy atom. The lowest BCUT2D eigenvalue weighted by atomic mass is 10.2. The van der Waals surface area contributed by atoms with Gasteiger partial charge >= 0.3 is 0 Å². The molecule has 4 rings (SSSR count). The third-order valence-electron chi connectivity index (χ3n) is 4.81. The van der Waals surface area contributed by atoms with E-state index in [1.807, 2.05) is 44.2 Å². The maximum absolute atomic E-state index is 12.5. The van der Waals surface area contributed by atoms with Crippen LogP contribution in [0.15, 0.2) is 42.5 Å². The number of nitrogens with one attached hydrogen (secondary N) is 3. The molecule has 1 fully saturated rings. The van der Waals surface area contributed by atoms with Crippen LogP contribution in [0, 0.1) is 0 Å². The van der Waals surface area contributed by atoms with Crippen molar-refractivity contribution in [2.24, 2.45) is 0 Å². The average Bonchev–Trinajstić information content (AvgIpc) is 3.28. The monoisotopic (exact) mass is 417 g/mol. The fraction of sp³-hybridized carbons (Fsp3) is 0.389. The third kappa shape index (κ3) is 4.08. The summed E-state index contributed by atoms with van der Waals surface area (Å²) in [7, 11) is -3.48. The zero-order valence-corrected chi connectivity index (χ0v) is 16.9. The molecule has 0 amide bonds. The van der Waals surface area contributed by atoms with Crippen LogP contribution in [0.1, 0.15) is 13.8 Å². The molecule has 3 N–H and O–H groups in total. The molecule has 2 atom stereocenters. The van der Waals surface area contributed by atoms with E-state index in [9.17, 15) is 8.42 Å². The minimum absolute atomic E-state index is 0.145. The van der Waals surface area contributed by atoms with Gasteiger partial charge in [-0.3, -0.25) is 10.9 Å². The summed E-state index contributed by atoms with van der Waals surface area (Å²) in [4.78, 5) is 0. The first-order chi connectivity index (χ1) is 14.0. The summed E-state index contributed by atoms with van der Waals surface area (Å²) in [6.45, 7) is 3.96. The van der Waals surface area contributed by atoms with Gasteiger partial charge in [0.15, 0.2) is 11.5 Å². The standard InChI is InChI=1S/C18H23N7O3S/c1-12-17(13(2)21-20-12)29(26,27)19-10-11-28-16-9-8-15-22-23-18(25(15)24-16)14-6-4-3-5-7-14/h3-9,12-13,17,19-21H,10-11H2,1-2H3. The largest absolute Gasteiger partial charge is 0.475 e. The molecule has 3 heterocycles. The van der Waals surface area contributed by atoms with Gasteiger partial charge in [-0.15, -0.1) is 15.3 Å². The molecule has 154 valence electrons. The molecule has 0 aliphatic carbocycles. The Kier molecular flexibility index (Phi) is 5.46. The van der Waals surface area contributed by atoms with Gasteiger partial charge in [-0.1, -0.05) is 30.3 Å². The summed E-state index contributed by atoms with van der Waals surface area (Å²) < 4.78 is 34.9. The van der Waals surface area contributed by atoms with Gasteiger partial charge in [-0.2, -0.15) is 4.52 Å². The number of benzene rings is 1. The lowest BCUT2D eigenvalue weighted by molar-refractivity contribution is 0.305. The Hall–Kier alpha value is -2.60. The van der Waals surface area contributed by atoms with Crippen molar-refractivity contribution in [2.45, 2.75) is 31.2 Å². The smallest absolute Gasteiger partial charge is 0.231 e. The molecule has 1 saturated heterocycles. The second-order valence-electron chi connectivity index (χ2n) is 6.95. The second-order valence-corrected chi connectivity index (χ2v) is 8.87. The molecular formula is C18H23N7O3S. The van der Waals surface area contributed by atoms with E-state index in [0.717, 1.165) is 5.56 Å². The molecule has 2 unspecified atom stereocenters. The van der Waals surface area contributed by atoms with E-state index in [4.69, 9.17) is 4.74 Å². The Labute approximate surface area is 168 Å². The van der Waals surface area contributed by atoms with Crippen LogP contribution < -0.4 is 20.3 Å². The van der Waals surface area contributed by atoms with Crippen molar-refractivity contribution < 1.29 is 13.2 Å². The number of ether oxygens (including phenoxy) is 1. The molecule has 1 aliphatic rings. The highest BCUT2D eigenvalue weighted by molar-refractivity contribution is 7.90. The Balaban J connectivity index is 1.40. The first kappa shape index (κ1) is 19.7. The van der Waals surface area contributed by atoms with Crippen molar-refractivity contribution in [3.05, 3.63) is 42.5 Å². The van der Waals surface area contributed by atoms with Gasteiger partial charge in [0.2, 0.25) is 15.9 Å². The molecule has 2 aromatic heterocycles. The van der Waals surface area contributed by atoms with Crippen molar-refractivity contribution in [3.8, 4) is 17.3 Å². The Morgan fingerprint density at radius 1 is 1.07 bits per heavy atom. The van der Waals surface area contributed by atoms with Gasteiger partial charge in [0, 0.05) is 30.3 Å². The molecule has 3 aromatic rings. The minimum Gasteiger partial charge on any atom is -0.475 e. The Morgan fingerprint density at radius 2 is 1.79 bits per heavy atom. The van der Waals surface area contributed by atoms with Gasteiger partial charge < -0.3 is 4.74 Å². The molecule has 0 saturated carbocycles. The predicted molar refractivity (Wildman–Crippen MR) is 108 cm³/mol. The van der Waals surface area contributed by atoms with E-state index < -0.39 is 15.3 Å². The van der Waals surface area contributed by atoms with Gasteiger partial charge in [0.05, 0.1) is 0 Å². The van der Waals surface area contributed by atoms with Crippen molar-refractivity contribution in [1.82, 2.24) is 35.4 Å². The van der Waals surface area contributed by atoms with Crippen LogP contribution in [0.25, 0.3) is 17.0 Å². The first-order valence-corrected chi connectivity index (χ1v) is 10.9. The third-order valence-corrected chi connectivity index (χ3v) is 6.95. The number of aromatic nitrogens is 4. The summed E-state index contributed by atoms with van der Waals surface area (Å²) >= 11 is 0. The van der Waals surface area contributed by atoms with Gasteiger partial charge in [-0.05, 0) is 19.9 Å². The zero-order chi connectivity index (χ0) is 20.4. The highest BCUT2D eigenvalue weighted by Gasteiger charge is 2.39. The minimum atomic E-state index is -3.48. The zero-order valence-electron chi connectivity index (χ0n) is 16.1. The van der Waals surface area contributed by atoms with Crippen LogP contribution >= 0.6 is 0 Å². The number of hydrazine groups is 1. The number of nitrogens with zero attached hydrogens (tertiary/aromatic N) is 4. The molecule has 10 nitrogen and oxygen atoms in total. The lowest BCUT2D eigenvalue weighted by Crippen LogP contribution is -2.45. The van der Waals surface area contributed by atoms with Crippen LogP contribution in [-0.4, -0.2) is 58.7 Å². The van der Waals surface area contributed by atoms with Crippen molar-refractivity contribution >= 4 is 15.7 Å². The van der Waals surface area contributed by atoms with Crippen molar-refractivity contribution in [1.29, 1.82) is 0 Å². The maximum atomic E-state index is 12.5. The van der Waals surface area contributed by atoms with Crippen LogP contribution in [0.4, 0.5) is 0 Å². The molecule has 11 heteroatoms. The van der Waals surface area contributed by atoms with Crippen LogP contribution in [0.3, 0.4) is 0 Å². The van der Waals surface area contributed by atoms with Gasteiger partial charge in [0.1, 0.15) is 11.9 Å². The number of rotatable bonds is 7. The summed E-state index contributed by atoms with van der Waals surface area (Å²) in [5.74, 6) is 0.968. The van der Waals surface area contributed by atoms with E-state index >= 15 is 0 Å². The second kappa shape index (κ2) is 8.03. The normalized spacial score (nSPS) is 22.2. The molecular weight excluding hydrogens is 394 g/mol. The summed E-state index contributed by atoms with van der Waals surface area (Å²) in [5, 5.41) is 12.2. The van der Waals surface area contributed by atoms with E-state index in [1.165, 1.54) is 0 Å². The fourth-order valence-electron chi connectivity index (χ4n) is 3.45. The van der Waals surface area contributed by atoms with Crippen LogP contribution in [0.2, 0.25) is 0 Å². The van der Waals surface area contributed by atoms with Crippen molar-refractivity contribution in [2.75, 3.05) is 13.2 Å². The number of fused-ring (bicyclic) bond motifs is 1. The molecule has 1 aromatic carbocycles. The predicted octanol–water partition coefficient (Wildman–Crippen LogP) is 0.343.